The minimum Gasteiger partial charge on any atom is -0.356 e. The Morgan fingerprint density at radius 2 is 1.36 bits per heavy atom. The Morgan fingerprint density at radius 3 is 2.00 bits per heavy atom. The van der Waals surface area contributed by atoms with E-state index in [0.29, 0.717) is 11.3 Å². The molecule has 0 spiro atoms. The van der Waals surface area contributed by atoms with Crippen LogP contribution in [-0.2, 0) is 4.79 Å². The molecule has 140 valence electrons. The van der Waals surface area contributed by atoms with E-state index in [0.717, 1.165) is 16.9 Å². The van der Waals surface area contributed by atoms with Gasteiger partial charge < -0.3 is 16.0 Å². The number of rotatable bonds is 6. The first-order valence-corrected chi connectivity index (χ1v) is 8.87. The normalized spacial score (nSPS) is 10.5. The van der Waals surface area contributed by atoms with Crippen molar-refractivity contribution >= 4 is 35.0 Å². The second kappa shape index (κ2) is 9.19. The molecule has 3 aromatic carbocycles. The molecule has 0 aliphatic carbocycles. The number of hydrogen-bond acceptors (Lipinski definition) is 3. The van der Waals surface area contributed by atoms with Crippen LogP contribution in [0.4, 0.5) is 17.1 Å². The highest BCUT2D eigenvalue weighted by molar-refractivity contribution is 6.02. The predicted octanol–water partition coefficient (Wildman–Crippen LogP) is 4.44. The summed E-state index contributed by atoms with van der Waals surface area (Å²) in [6, 6.07) is 24.4. The zero-order valence-electron chi connectivity index (χ0n) is 15.5. The first-order chi connectivity index (χ1) is 13.6. The average molecular weight is 371 g/mol. The lowest BCUT2D eigenvalue weighted by atomic mass is 10.1. The Kier molecular flexibility index (Phi) is 6.21. The van der Waals surface area contributed by atoms with Crippen molar-refractivity contribution in [3.8, 4) is 0 Å². The highest BCUT2D eigenvalue weighted by Crippen LogP contribution is 2.18. The molecule has 0 fully saturated rings. The van der Waals surface area contributed by atoms with E-state index in [2.05, 4.69) is 16.0 Å². The Labute approximate surface area is 164 Å². The molecule has 5 heteroatoms. The van der Waals surface area contributed by atoms with Crippen LogP contribution in [0.2, 0.25) is 0 Å². The van der Waals surface area contributed by atoms with Gasteiger partial charge in [-0.1, -0.05) is 30.3 Å². The van der Waals surface area contributed by atoms with E-state index in [-0.39, 0.29) is 11.8 Å². The number of carbonyl (C=O) groups excluding carboxylic acids is 2. The molecule has 0 atom stereocenters. The fraction of sp³-hybridized carbons (Fsp3) is 0.0435. The van der Waals surface area contributed by atoms with E-state index in [1.807, 2.05) is 54.6 Å². The SMILES string of the molecule is CNC(=O)c1ccc(/C=C/C(=O)Nc2ccc(Nc3ccccc3)cc2)cc1. The predicted molar refractivity (Wildman–Crippen MR) is 114 cm³/mol. The molecule has 2 amide bonds. The molecule has 0 radical (unpaired) electrons. The highest BCUT2D eigenvalue weighted by atomic mass is 16.2. The van der Waals surface area contributed by atoms with Crippen LogP contribution in [0, 0.1) is 0 Å². The summed E-state index contributed by atoms with van der Waals surface area (Å²) in [4.78, 5) is 23.6. The average Bonchev–Trinajstić information content (AvgIpc) is 2.74. The molecular weight excluding hydrogens is 350 g/mol. The van der Waals surface area contributed by atoms with Gasteiger partial charge in [0.05, 0.1) is 0 Å². The quantitative estimate of drug-likeness (QED) is 0.561. The number of nitrogens with one attached hydrogen (secondary N) is 3. The van der Waals surface area contributed by atoms with E-state index < -0.39 is 0 Å². The van der Waals surface area contributed by atoms with Crippen LogP contribution in [0.1, 0.15) is 15.9 Å². The molecule has 28 heavy (non-hydrogen) atoms. The molecule has 3 rings (SSSR count). The molecule has 0 unspecified atom stereocenters. The van der Waals surface area contributed by atoms with Gasteiger partial charge in [-0.3, -0.25) is 9.59 Å². The number of amides is 2. The monoisotopic (exact) mass is 371 g/mol. The molecule has 0 saturated heterocycles. The molecule has 0 saturated carbocycles. The van der Waals surface area contributed by atoms with E-state index in [4.69, 9.17) is 0 Å². The Balaban J connectivity index is 1.55. The van der Waals surface area contributed by atoms with Crippen molar-refractivity contribution in [2.45, 2.75) is 0 Å². The van der Waals surface area contributed by atoms with Gasteiger partial charge >= 0.3 is 0 Å². The number of benzene rings is 3. The van der Waals surface area contributed by atoms with E-state index in [1.165, 1.54) is 6.08 Å². The molecular formula is C23H21N3O2. The van der Waals surface area contributed by atoms with Crippen molar-refractivity contribution in [2.75, 3.05) is 17.7 Å². The fourth-order valence-electron chi connectivity index (χ4n) is 2.57. The van der Waals surface area contributed by atoms with Crippen molar-refractivity contribution in [2.24, 2.45) is 0 Å². The third-order valence-electron chi connectivity index (χ3n) is 4.04. The van der Waals surface area contributed by atoms with Gasteiger partial charge in [0.25, 0.3) is 5.91 Å². The van der Waals surface area contributed by atoms with Crippen LogP contribution < -0.4 is 16.0 Å². The standard InChI is InChI=1S/C23H21N3O2/c1-24-23(28)18-10-7-17(8-11-18)9-16-22(27)26-21-14-12-20(13-15-21)25-19-5-3-2-4-6-19/h2-16,25H,1H3,(H,24,28)(H,26,27)/b16-9+. The van der Waals surface area contributed by atoms with Crippen molar-refractivity contribution in [1.82, 2.24) is 5.32 Å². The molecule has 3 N–H and O–H groups in total. The zero-order chi connectivity index (χ0) is 19.8. The number of carbonyl (C=O) groups is 2. The van der Waals surface area contributed by atoms with Gasteiger partial charge in [0.2, 0.25) is 5.91 Å². The Hall–Kier alpha value is -3.86. The minimum atomic E-state index is -0.223. The Morgan fingerprint density at radius 1 is 0.750 bits per heavy atom. The van der Waals surface area contributed by atoms with Gasteiger partial charge in [0.15, 0.2) is 0 Å². The van der Waals surface area contributed by atoms with Crippen molar-refractivity contribution in [3.63, 3.8) is 0 Å². The number of hydrogen-bond donors (Lipinski definition) is 3. The Bertz CT molecular complexity index is 963. The van der Waals surface area contributed by atoms with Crippen LogP contribution in [0.25, 0.3) is 6.08 Å². The summed E-state index contributed by atoms with van der Waals surface area (Å²) in [7, 11) is 1.59. The number of para-hydroxylation sites is 1. The largest absolute Gasteiger partial charge is 0.356 e. The van der Waals surface area contributed by atoms with Gasteiger partial charge in [-0.15, -0.1) is 0 Å². The topological polar surface area (TPSA) is 70.2 Å². The van der Waals surface area contributed by atoms with Gasteiger partial charge in [-0.25, -0.2) is 0 Å². The van der Waals surface area contributed by atoms with Crippen LogP contribution in [0.15, 0.2) is 84.9 Å². The lowest BCUT2D eigenvalue weighted by Gasteiger charge is -2.07. The smallest absolute Gasteiger partial charge is 0.251 e. The maximum atomic E-state index is 12.1. The molecule has 0 heterocycles. The lowest BCUT2D eigenvalue weighted by molar-refractivity contribution is -0.111. The molecule has 0 aromatic heterocycles. The highest BCUT2D eigenvalue weighted by Gasteiger charge is 2.02. The summed E-state index contributed by atoms with van der Waals surface area (Å²) in [5.74, 6) is -0.363. The van der Waals surface area contributed by atoms with Crippen molar-refractivity contribution < 1.29 is 9.59 Å². The van der Waals surface area contributed by atoms with Crippen LogP contribution in [-0.4, -0.2) is 18.9 Å². The molecule has 0 aliphatic rings. The first-order valence-electron chi connectivity index (χ1n) is 8.87. The molecule has 5 nitrogen and oxygen atoms in total. The summed E-state index contributed by atoms with van der Waals surface area (Å²) in [5.41, 5.74) is 4.07. The molecule has 3 aromatic rings. The van der Waals surface area contributed by atoms with Crippen LogP contribution >= 0.6 is 0 Å². The van der Waals surface area contributed by atoms with Crippen LogP contribution in [0.5, 0.6) is 0 Å². The van der Waals surface area contributed by atoms with E-state index in [1.54, 1.807) is 37.4 Å². The molecule has 0 bridgehead atoms. The second-order valence-corrected chi connectivity index (χ2v) is 6.09. The maximum Gasteiger partial charge on any atom is 0.251 e. The second-order valence-electron chi connectivity index (χ2n) is 6.09. The first kappa shape index (κ1) is 18.9. The van der Waals surface area contributed by atoms with Gasteiger partial charge in [0.1, 0.15) is 0 Å². The van der Waals surface area contributed by atoms with Crippen LogP contribution in [0.3, 0.4) is 0 Å². The summed E-state index contributed by atoms with van der Waals surface area (Å²) < 4.78 is 0. The third kappa shape index (κ3) is 5.32. The maximum absolute atomic E-state index is 12.1. The van der Waals surface area contributed by atoms with Crippen molar-refractivity contribution in [1.29, 1.82) is 0 Å². The van der Waals surface area contributed by atoms with Gasteiger partial charge in [-0.2, -0.15) is 0 Å². The summed E-state index contributed by atoms with van der Waals surface area (Å²) in [6.45, 7) is 0. The molecule has 0 aliphatic heterocycles. The zero-order valence-corrected chi connectivity index (χ0v) is 15.5. The summed E-state index contributed by atoms with van der Waals surface area (Å²) in [6.07, 6.45) is 3.17. The third-order valence-corrected chi connectivity index (χ3v) is 4.04. The van der Waals surface area contributed by atoms with Gasteiger partial charge in [0, 0.05) is 35.7 Å². The fourth-order valence-corrected chi connectivity index (χ4v) is 2.57. The van der Waals surface area contributed by atoms with Gasteiger partial charge in [-0.05, 0) is 60.2 Å². The van der Waals surface area contributed by atoms with Crippen molar-refractivity contribution in [3.05, 3.63) is 96.1 Å². The number of anilines is 3. The summed E-state index contributed by atoms with van der Waals surface area (Å²) >= 11 is 0. The van der Waals surface area contributed by atoms with E-state index in [9.17, 15) is 9.59 Å². The lowest BCUT2D eigenvalue weighted by Crippen LogP contribution is -2.17. The summed E-state index contributed by atoms with van der Waals surface area (Å²) in [5, 5.41) is 8.69. The minimum absolute atomic E-state index is 0.140. The van der Waals surface area contributed by atoms with E-state index >= 15 is 0 Å².